The highest BCUT2D eigenvalue weighted by molar-refractivity contribution is 14.1. The molecule has 0 unspecified atom stereocenters. The number of fused-ring (bicyclic) bond motifs is 1. The van der Waals surface area contributed by atoms with Crippen LogP contribution < -0.4 is 10.6 Å². The lowest BCUT2D eigenvalue weighted by molar-refractivity contribution is 0.730. The Balaban J connectivity index is 1.93. The normalized spacial score (nSPS) is 14.4. The van der Waals surface area contributed by atoms with Gasteiger partial charge >= 0.3 is 0 Å². The van der Waals surface area contributed by atoms with Crippen LogP contribution in [0.3, 0.4) is 0 Å². The lowest BCUT2D eigenvalue weighted by Crippen LogP contribution is -2.31. The third-order valence-corrected chi connectivity index (χ3v) is 4.03. The molecule has 0 aliphatic carbocycles. The van der Waals surface area contributed by atoms with E-state index >= 15 is 0 Å². The van der Waals surface area contributed by atoms with Gasteiger partial charge in [0.15, 0.2) is 0 Å². The second-order valence-corrected chi connectivity index (χ2v) is 5.73. The van der Waals surface area contributed by atoms with Crippen molar-refractivity contribution in [3.8, 4) is 0 Å². The number of nitrogens with two attached hydrogens (primary N) is 1. The fourth-order valence-electron chi connectivity index (χ4n) is 2.39. The molecule has 0 amide bonds. The fourth-order valence-corrected chi connectivity index (χ4v) is 2.91. The second kappa shape index (κ2) is 4.76. The Morgan fingerprint density at radius 3 is 3.00 bits per heavy atom. The van der Waals surface area contributed by atoms with Gasteiger partial charge in [0, 0.05) is 34.1 Å². The van der Waals surface area contributed by atoms with Crippen LogP contribution in [0.15, 0.2) is 36.5 Å². The van der Waals surface area contributed by atoms with Crippen molar-refractivity contribution in [1.82, 2.24) is 4.98 Å². The smallest absolute Gasteiger partial charge is 0.128 e. The quantitative estimate of drug-likeness (QED) is 0.804. The van der Waals surface area contributed by atoms with Crippen LogP contribution in [-0.2, 0) is 13.0 Å². The van der Waals surface area contributed by atoms with Gasteiger partial charge in [-0.25, -0.2) is 4.98 Å². The summed E-state index contributed by atoms with van der Waals surface area (Å²) in [5.41, 5.74) is 9.75. The first-order valence-electron chi connectivity index (χ1n) is 5.97. The zero-order valence-electron chi connectivity index (χ0n) is 9.94. The number of hydrogen-bond acceptors (Lipinski definition) is 3. The van der Waals surface area contributed by atoms with Gasteiger partial charge < -0.3 is 10.6 Å². The average molecular weight is 351 g/mol. The Kier molecular flexibility index (Phi) is 3.11. The van der Waals surface area contributed by atoms with E-state index in [9.17, 15) is 0 Å². The highest BCUT2D eigenvalue weighted by Crippen LogP contribution is 2.27. The Morgan fingerprint density at radius 1 is 1.28 bits per heavy atom. The molecule has 1 aromatic heterocycles. The summed E-state index contributed by atoms with van der Waals surface area (Å²) in [6, 6.07) is 10.6. The van der Waals surface area contributed by atoms with Crippen molar-refractivity contribution < 1.29 is 0 Å². The van der Waals surface area contributed by atoms with E-state index in [1.54, 1.807) is 6.20 Å². The number of hydrogen-bond donors (Lipinski definition) is 1. The molecule has 92 valence electrons. The molecule has 2 heterocycles. The molecule has 1 aliphatic heterocycles. The van der Waals surface area contributed by atoms with Gasteiger partial charge in [0.2, 0.25) is 0 Å². The summed E-state index contributed by atoms with van der Waals surface area (Å²) < 4.78 is 1.26. The van der Waals surface area contributed by atoms with Crippen LogP contribution in [0.2, 0.25) is 0 Å². The first-order chi connectivity index (χ1) is 8.74. The van der Waals surface area contributed by atoms with E-state index < -0.39 is 0 Å². The average Bonchev–Trinajstić information content (AvgIpc) is 2.39. The maximum absolute atomic E-state index is 5.97. The van der Waals surface area contributed by atoms with Crippen molar-refractivity contribution in [2.75, 3.05) is 17.2 Å². The predicted molar refractivity (Wildman–Crippen MR) is 82.6 cm³/mol. The Bertz CT molecular complexity index is 583. The highest BCUT2D eigenvalue weighted by Gasteiger charge is 2.18. The number of nitrogens with zero attached hydrogens (tertiary/aromatic N) is 2. The van der Waals surface area contributed by atoms with Crippen molar-refractivity contribution in [1.29, 1.82) is 0 Å². The van der Waals surface area contributed by atoms with Crippen LogP contribution in [0.25, 0.3) is 0 Å². The molecular weight excluding hydrogens is 337 g/mol. The van der Waals surface area contributed by atoms with Crippen LogP contribution in [0.4, 0.5) is 11.5 Å². The number of aromatic nitrogens is 1. The molecule has 0 saturated carbocycles. The summed E-state index contributed by atoms with van der Waals surface area (Å²) in [5, 5.41) is 0. The molecule has 0 saturated heterocycles. The largest absolute Gasteiger partial charge is 0.383 e. The van der Waals surface area contributed by atoms with Crippen LogP contribution in [0.1, 0.15) is 11.1 Å². The maximum Gasteiger partial charge on any atom is 0.128 e. The zero-order valence-corrected chi connectivity index (χ0v) is 12.1. The molecule has 2 aromatic rings. The van der Waals surface area contributed by atoms with Crippen molar-refractivity contribution in [2.24, 2.45) is 0 Å². The number of pyridine rings is 1. The Labute approximate surface area is 120 Å². The molecule has 0 spiro atoms. The summed E-state index contributed by atoms with van der Waals surface area (Å²) in [5.74, 6) is 0.669. The summed E-state index contributed by atoms with van der Waals surface area (Å²) in [4.78, 5) is 6.55. The minimum atomic E-state index is 0.669. The molecule has 4 heteroatoms. The van der Waals surface area contributed by atoms with Crippen molar-refractivity contribution in [3.05, 3.63) is 51.2 Å². The van der Waals surface area contributed by atoms with Gasteiger partial charge in [-0.2, -0.15) is 0 Å². The van der Waals surface area contributed by atoms with Crippen LogP contribution in [-0.4, -0.2) is 11.5 Å². The van der Waals surface area contributed by atoms with Gasteiger partial charge in [-0.15, -0.1) is 0 Å². The molecule has 0 radical (unpaired) electrons. The summed E-state index contributed by atoms with van der Waals surface area (Å²) >= 11 is 2.34. The molecule has 0 atom stereocenters. The van der Waals surface area contributed by atoms with E-state index in [1.807, 2.05) is 0 Å². The molecule has 3 nitrogen and oxygen atoms in total. The summed E-state index contributed by atoms with van der Waals surface area (Å²) in [6.07, 6.45) is 2.84. The van der Waals surface area contributed by atoms with Gasteiger partial charge in [0.1, 0.15) is 5.82 Å². The highest BCUT2D eigenvalue weighted by atomic mass is 127. The molecule has 18 heavy (non-hydrogen) atoms. The SMILES string of the molecule is Nc1nccc2c1CN(c1cccc(I)c1)CC2. The van der Waals surface area contributed by atoms with E-state index in [1.165, 1.54) is 20.4 Å². The minimum absolute atomic E-state index is 0.669. The monoisotopic (exact) mass is 351 g/mol. The number of anilines is 2. The molecule has 0 fully saturated rings. The van der Waals surface area contributed by atoms with E-state index in [-0.39, 0.29) is 0 Å². The van der Waals surface area contributed by atoms with E-state index in [4.69, 9.17) is 5.73 Å². The maximum atomic E-state index is 5.97. The van der Waals surface area contributed by atoms with Gasteiger partial charge in [-0.1, -0.05) is 6.07 Å². The topological polar surface area (TPSA) is 42.1 Å². The summed E-state index contributed by atoms with van der Waals surface area (Å²) in [6.45, 7) is 1.89. The van der Waals surface area contributed by atoms with Crippen molar-refractivity contribution in [3.63, 3.8) is 0 Å². The van der Waals surface area contributed by atoms with E-state index in [0.29, 0.717) is 5.82 Å². The van der Waals surface area contributed by atoms with Gasteiger partial charge in [0.05, 0.1) is 0 Å². The van der Waals surface area contributed by atoms with Crippen molar-refractivity contribution >= 4 is 34.1 Å². The molecule has 1 aromatic carbocycles. The van der Waals surface area contributed by atoms with Crippen LogP contribution >= 0.6 is 22.6 Å². The molecular formula is C14H14IN3. The van der Waals surface area contributed by atoms with Crippen LogP contribution in [0, 0.1) is 3.57 Å². The number of rotatable bonds is 1. The fraction of sp³-hybridized carbons (Fsp3) is 0.214. The number of benzene rings is 1. The van der Waals surface area contributed by atoms with Crippen molar-refractivity contribution in [2.45, 2.75) is 13.0 Å². The Morgan fingerprint density at radius 2 is 2.17 bits per heavy atom. The van der Waals surface area contributed by atoms with Crippen LogP contribution in [0.5, 0.6) is 0 Å². The first-order valence-corrected chi connectivity index (χ1v) is 7.04. The molecule has 3 rings (SSSR count). The lowest BCUT2D eigenvalue weighted by Gasteiger charge is -2.31. The van der Waals surface area contributed by atoms with E-state index in [2.05, 4.69) is 62.8 Å². The zero-order chi connectivity index (χ0) is 12.5. The minimum Gasteiger partial charge on any atom is -0.383 e. The van der Waals surface area contributed by atoms with Gasteiger partial charge in [0.25, 0.3) is 0 Å². The predicted octanol–water partition coefficient (Wildman–Crippen LogP) is 2.83. The number of halogens is 1. The van der Waals surface area contributed by atoms with E-state index in [0.717, 1.165) is 19.5 Å². The van der Waals surface area contributed by atoms with Gasteiger partial charge in [-0.3, -0.25) is 0 Å². The Hall–Kier alpha value is -1.30. The molecule has 0 bridgehead atoms. The molecule has 1 aliphatic rings. The van der Waals surface area contributed by atoms with Gasteiger partial charge in [-0.05, 0) is 58.8 Å². The molecule has 2 N–H and O–H groups in total. The summed E-state index contributed by atoms with van der Waals surface area (Å²) in [7, 11) is 0. The third-order valence-electron chi connectivity index (χ3n) is 3.36. The third kappa shape index (κ3) is 2.16. The standard InChI is InChI=1S/C14H14IN3/c15-11-2-1-3-12(8-11)18-7-5-10-4-6-17-14(16)13(10)9-18/h1-4,6,8H,5,7,9H2,(H2,16,17). The second-order valence-electron chi connectivity index (χ2n) is 4.49. The lowest BCUT2D eigenvalue weighted by atomic mass is 10.0. The first kappa shape index (κ1) is 11.8. The number of nitrogen functional groups attached to an aromatic ring is 1.